The van der Waals surface area contributed by atoms with Crippen molar-refractivity contribution in [3.05, 3.63) is 40.9 Å². The third-order valence-electron chi connectivity index (χ3n) is 3.79. The summed E-state index contributed by atoms with van der Waals surface area (Å²) in [5.41, 5.74) is 0.756. The van der Waals surface area contributed by atoms with E-state index in [9.17, 15) is 4.79 Å². The average molecular weight is 299 g/mol. The van der Waals surface area contributed by atoms with Gasteiger partial charge in [-0.15, -0.1) is 0 Å². The first-order valence-electron chi connectivity index (χ1n) is 6.09. The molecule has 1 aliphatic rings. The summed E-state index contributed by atoms with van der Waals surface area (Å²) < 4.78 is 4.81. The number of hydrogen-bond acceptors (Lipinski definition) is 2. The number of ether oxygens (including phenoxy) is 1. The molecule has 1 fully saturated rings. The highest BCUT2D eigenvalue weighted by Crippen LogP contribution is 2.60. The third-order valence-corrected chi connectivity index (χ3v) is 4.37. The van der Waals surface area contributed by atoms with Crippen LogP contribution in [0.4, 0.5) is 0 Å². The number of carbonyl (C=O) groups is 1. The van der Waals surface area contributed by atoms with Gasteiger partial charge < -0.3 is 4.74 Å². The van der Waals surface area contributed by atoms with Crippen LogP contribution in [0, 0.1) is 17.3 Å². The summed E-state index contributed by atoms with van der Waals surface area (Å²) in [5, 5.41) is 1.26. The van der Waals surface area contributed by atoms with E-state index in [-0.39, 0.29) is 23.2 Å². The number of hydrogen-bond donors (Lipinski definition) is 0. The van der Waals surface area contributed by atoms with Gasteiger partial charge in [0.05, 0.1) is 13.0 Å². The SMILES string of the molecule is COC(=O)C1C(C=C(Cl)c2cccc(Cl)c2)C1(C)C. The molecule has 1 aromatic carbocycles. The molecule has 1 aromatic rings. The minimum absolute atomic E-state index is 0.103. The first-order chi connectivity index (χ1) is 8.87. The van der Waals surface area contributed by atoms with E-state index in [2.05, 4.69) is 0 Å². The number of rotatable bonds is 3. The molecule has 2 rings (SSSR count). The Morgan fingerprint density at radius 2 is 2.11 bits per heavy atom. The predicted molar refractivity (Wildman–Crippen MR) is 78.1 cm³/mol. The quantitative estimate of drug-likeness (QED) is 0.775. The first-order valence-corrected chi connectivity index (χ1v) is 6.84. The molecule has 2 atom stereocenters. The smallest absolute Gasteiger partial charge is 0.309 e. The summed E-state index contributed by atoms with van der Waals surface area (Å²) in [6, 6.07) is 7.35. The molecule has 19 heavy (non-hydrogen) atoms. The minimum atomic E-state index is -0.179. The molecule has 0 bridgehead atoms. The lowest BCUT2D eigenvalue weighted by Gasteiger charge is -2.01. The molecule has 1 aliphatic carbocycles. The highest BCUT2D eigenvalue weighted by molar-refractivity contribution is 6.49. The van der Waals surface area contributed by atoms with Gasteiger partial charge in [0.15, 0.2) is 0 Å². The Kier molecular flexibility index (Phi) is 3.93. The van der Waals surface area contributed by atoms with Crippen LogP contribution in [0.25, 0.3) is 5.03 Å². The number of carbonyl (C=O) groups excluding carboxylic acids is 1. The van der Waals surface area contributed by atoms with Crippen molar-refractivity contribution in [2.45, 2.75) is 13.8 Å². The molecule has 0 spiro atoms. The van der Waals surface area contributed by atoms with Gasteiger partial charge in [0, 0.05) is 10.1 Å². The van der Waals surface area contributed by atoms with Crippen molar-refractivity contribution in [1.29, 1.82) is 0 Å². The first kappa shape index (κ1) is 14.4. The number of halogens is 2. The molecule has 4 heteroatoms. The molecule has 0 N–H and O–H groups in total. The van der Waals surface area contributed by atoms with Crippen molar-refractivity contribution in [1.82, 2.24) is 0 Å². The van der Waals surface area contributed by atoms with Crippen molar-refractivity contribution < 1.29 is 9.53 Å². The van der Waals surface area contributed by atoms with Gasteiger partial charge in [-0.1, -0.05) is 55.3 Å². The molecule has 0 aromatic heterocycles. The van der Waals surface area contributed by atoms with Gasteiger partial charge in [0.2, 0.25) is 0 Å². The van der Waals surface area contributed by atoms with Crippen LogP contribution in [-0.4, -0.2) is 13.1 Å². The average Bonchev–Trinajstić information content (AvgIpc) is 2.90. The van der Waals surface area contributed by atoms with Gasteiger partial charge in [-0.2, -0.15) is 0 Å². The molecule has 0 saturated heterocycles. The lowest BCUT2D eigenvalue weighted by molar-refractivity contribution is -0.143. The van der Waals surface area contributed by atoms with Crippen molar-refractivity contribution in [2.75, 3.05) is 7.11 Å². The van der Waals surface area contributed by atoms with Crippen LogP contribution in [0.2, 0.25) is 5.02 Å². The zero-order chi connectivity index (χ0) is 14.2. The third kappa shape index (κ3) is 2.80. The fraction of sp³-hybridized carbons (Fsp3) is 0.400. The van der Waals surface area contributed by atoms with Crippen LogP contribution in [0.5, 0.6) is 0 Å². The number of methoxy groups -OCH3 is 1. The molecule has 1 saturated carbocycles. The van der Waals surface area contributed by atoms with Gasteiger partial charge in [0.1, 0.15) is 0 Å². The Morgan fingerprint density at radius 3 is 2.68 bits per heavy atom. The number of allylic oxidation sites excluding steroid dienone is 1. The number of esters is 1. The summed E-state index contributed by atoms with van der Waals surface area (Å²) in [6.45, 7) is 4.08. The molecule has 2 nitrogen and oxygen atoms in total. The second-order valence-electron chi connectivity index (χ2n) is 5.37. The van der Waals surface area contributed by atoms with E-state index in [1.54, 1.807) is 6.07 Å². The van der Waals surface area contributed by atoms with Crippen molar-refractivity contribution in [2.24, 2.45) is 17.3 Å². The Balaban J connectivity index is 2.21. The van der Waals surface area contributed by atoms with Crippen LogP contribution >= 0.6 is 23.2 Å². The van der Waals surface area contributed by atoms with Crippen LogP contribution in [0.3, 0.4) is 0 Å². The standard InChI is InChI=1S/C15H16Cl2O2/c1-15(2)11(13(15)14(18)19-3)8-12(17)9-5-4-6-10(16)7-9/h4-8,11,13H,1-3H3. The molecule has 102 valence electrons. The molecular weight excluding hydrogens is 283 g/mol. The van der Waals surface area contributed by atoms with Gasteiger partial charge in [0.25, 0.3) is 0 Å². The highest BCUT2D eigenvalue weighted by atomic mass is 35.5. The summed E-state index contributed by atoms with van der Waals surface area (Å²) in [4.78, 5) is 11.7. The van der Waals surface area contributed by atoms with Gasteiger partial charge in [-0.3, -0.25) is 4.79 Å². The second-order valence-corrected chi connectivity index (χ2v) is 6.22. The lowest BCUT2D eigenvalue weighted by atomic mass is 10.1. The molecule has 0 radical (unpaired) electrons. The van der Waals surface area contributed by atoms with E-state index in [0.29, 0.717) is 10.1 Å². The Labute approximate surface area is 123 Å². The highest BCUT2D eigenvalue weighted by Gasteiger charge is 2.61. The van der Waals surface area contributed by atoms with Gasteiger partial charge in [-0.05, 0) is 29.0 Å². The summed E-state index contributed by atoms with van der Waals surface area (Å²) >= 11 is 12.2. The summed E-state index contributed by atoms with van der Waals surface area (Å²) in [6.07, 6.45) is 1.93. The lowest BCUT2D eigenvalue weighted by Crippen LogP contribution is -2.07. The van der Waals surface area contributed by atoms with E-state index in [4.69, 9.17) is 27.9 Å². The van der Waals surface area contributed by atoms with Crippen molar-refractivity contribution >= 4 is 34.2 Å². The van der Waals surface area contributed by atoms with E-state index < -0.39 is 0 Å². The topological polar surface area (TPSA) is 26.3 Å². The fourth-order valence-electron chi connectivity index (χ4n) is 2.46. The second kappa shape index (κ2) is 5.18. The monoisotopic (exact) mass is 298 g/mol. The number of benzene rings is 1. The van der Waals surface area contributed by atoms with E-state index >= 15 is 0 Å². The Morgan fingerprint density at radius 1 is 1.42 bits per heavy atom. The fourth-order valence-corrected chi connectivity index (χ4v) is 2.90. The Hall–Kier alpha value is -0.990. The maximum Gasteiger partial charge on any atom is 0.309 e. The van der Waals surface area contributed by atoms with Crippen LogP contribution in [-0.2, 0) is 9.53 Å². The van der Waals surface area contributed by atoms with Gasteiger partial charge >= 0.3 is 5.97 Å². The maximum atomic E-state index is 11.7. The molecular formula is C15H16Cl2O2. The van der Waals surface area contributed by atoms with E-state index in [1.807, 2.05) is 38.1 Å². The Bertz CT molecular complexity index is 535. The molecule has 2 unspecified atom stereocenters. The van der Waals surface area contributed by atoms with E-state index in [1.165, 1.54) is 7.11 Å². The predicted octanol–water partition coefficient (Wildman–Crippen LogP) is 4.36. The normalized spacial score (nSPS) is 25.0. The summed E-state index contributed by atoms with van der Waals surface area (Å²) in [7, 11) is 1.41. The van der Waals surface area contributed by atoms with Crippen LogP contribution < -0.4 is 0 Å². The van der Waals surface area contributed by atoms with Crippen LogP contribution in [0.1, 0.15) is 19.4 Å². The zero-order valence-corrected chi connectivity index (χ0v) is 12.6. The van der Waals surface area contributed by atoms with Crippen LogP contribution in [0.15, 0.2) is 30.3 Å². The molecule has 0 amide bonds. The van der Waals surface area contributed by atoms with Crippen molar-refractivity contribution in [3.8, 4) is 0 Å². The molecule has 0 heterocycles. The van der Waals surface area contributed by atoms with E-state index in [0.717, 1.165) is 5.56 Å². The molecule has 0 aliphatic heterocycles. The maximum absolute atomic E-state index is 11.7. The van der Waals surface area contributed by atoms with Crippen molar-refractivity contribution in [3.63, 3.8) is 0 Å². The minimum Gasteiger partial charge on any atom is -0.469 e. The van der Waals surface area contributed by atoms with Gasteiger partial charge in [-0.25, -0.2) is 0 Å². The summed E-state index contributed by atoms with van der Waals surface area (Å²) in [5.74, 6) is -0.196. The largest absolute Gasteiger partial charge is 0.469 e. The zero-order valence-electron chi connectivity index (χ0n) is 11.1.